The second-order valence-electron chi connectivity index (χ2n) is 4.94. The number of hydrogen-bond donors (Lipinski definition) is 2. The molecular weight excluding hydrogens is 260 g/mol. The molecule has 1 aliphatic heterocycles. The van der Waals surface area contributed by atoms with Crippen LogP contribution in [0.5, 0.6) is 0 Å². The third kappa shape index (κ3) is 2.72. The molecule has 1 fully saturated rings. The molecular formula is C13H16N4O3. The molecule has 0 amide bonds. The van der Waals surface area contributed by atoms with Crippen LogP contribution in [0.4, 0.5) is 11.7 Å². The molecule has 2 heterocycles. The number of anilines is 1. The summed E-state index contributed by atoms with van der Waals surface area (Å²) < 4.78 is 5.50. The van der Waals surface area contributed by atoms with E-state index in [0.717, 1.165) is 19.5 Å². The zero-order valence-electron chi connectivity index (χ0n) is 11.0. The molecule has 106 valence electrons. The molecule has 2 aromatic rings. The molecule has 1 saturated heterocycles. The highest BCUT2D eigenvalue weighted by Gasteiger charge is 2.14. The molecule has 7 nitrogen and oxygen atoms in total. The standard InChI is InChI=1S/C13H16N4O3/c18-17(19)10-3-4-12-11(8-10)16-13(20-12)15-7-5-9-2-1-6-14-9/h3-4,8-9,14H,1-2,5-7H2,(H,15,16)/t9-/m0/s1. The van der Waals surface area contributed by atoms with E-state index in [-0.39, 0.29) is 5.69 Å². The third-order valence-corrected chi connectivity index (χ3v) is 3.51. The normalized spacial score (nSPS) is 18.5. The maximum absolute atomic E-state index is 10.7. The van der Waals surface area contributed by atoms with E-state index >= 15 is 0 Å². The van der Waals surface area contributed by atoms with Crippen molar-refractivity contribution < 1.29 is 9.34 Å². The molecule has 0 radical (unpaired) electrons. The van der Waals surface area contributed by atoms with Gasteiger partial charge in [-0.05, 0) is 31.9 Å². The Balaban J connectivity index is 1.64. The summed E-state index contributed by atoms with van der Waals surface area (Å²) in [5, 5.41) is 17.2. The number of nitrogens with zero attached hydrogens (tertiary/aromatic N) is 2. The van der Waals surface area contributed by atoms with Gasteiger partial charge in [0.05, 0.1) is 4.92 Å². The molecule has 0 bridgehead atoms. The van der Waals surface area contributed by atoms with E-state index < -0.39 is 4.92 Å². The number of aromatic nitrogens is 1. The van der Waals surface area contributed by atoms with Crippen LogP contribution in [-0.2, 0) is 0 Å². The molecule has 2 N–H and O–H groups in total. The first-order chi connectivity index (χ1) is 9.72. The molecule has 20 heavy (non-hydrogen) atoms. The lowest BCUT2D eigenvalue weighted by Crippen LogP contribution is -2.24. The Morgan fingerprint density at radius 2 is 2.45 bits per heavy atom. The summed E-state index contributed by atoms with van der Waals surface area (Å²) in [6.07, 6.45) is 3.46. The zero-order valence-corrected chi connectivity index (χ0v) is 11.0. The molecule has 1 aliphatic rings. The fraction of sp³-hybridized carbons (Fsp3) is 0.462. The number of rotatable bonds is 5. The van der Waals surface area contributed by atoms with E-state index in [1.807, 2.05) is 0 Å². The van der Waals surface area contributed by atoms with Crippen molar-refractivity contribution in [3.8, 4) is 0 Å². The van der Waals surface area contributed by atoms with Crippen LogP contribution in [-0.4, -0.2) is 29.0 Å². The lowest BCUT2D eigenvalue weighted by molar-refractivity contribution is -0.384. The number of benzene rings is 1. The van der Waals surface area contributed by atoms with Gasteiger partial charge in [0.1, 0.15) is 5.52 Å². The van der Waals surface area contributed by atoms with E-state index in [1.54, 1.807) is 6.07 Å². The highest BCUT2D eigenvalue weighted by atomic mass is 16.6. The van der Waals surface area contributed by atoms with Crippen LogP contribution >= 0.6 is 0 Å². The van der Waals surface area contributed by atoms with Crippen LogP contribution < -0.4 is 10.6 Å². The molecule has 1 aromatic heterocycles. The number of non-ortho nitro benzene ring substituents is 1. The average molecular weight is 276 g/mol. The van der Waals surface area contributed by atoms with Gasteiger partial charge in [-0.15, -0.1) is 0 Å². The summed E-state index contributed by atoms with van der Waals surface area (Å²) >= 11 is 0. The SMILES string of the molecule is O=[N+]([O-])c1ccc2oc(NCC[C@@H]3CCCN3)nc2c1. The fourth-order valence-corrected chi connectivity index (χ4v) is 2.46. The lowest BCUT2D eigenvalue weighted by atomic mass is 10.2. The highest BCUT2D eigenvalue weighted by molar-refractivity contribution is 5.77. The predicted molar refractivity (Wildman–Crippen MR) is 74.8 cm³/mol. The summed E-state index contributed by atoms with van der Waals surface area (Å²) in [4.78, 5) is 14.5. The number of nitro benzene ring substituents is 1. The summed E-state index contributed by atoms with van der Waals surface area (Å²) in [5.41, 5.74) is 1.07. The van der Waals surface area contributed by atoms with Crippen LogP contribution in [0.3, 0.4) is 0 Å². The largest absolute Gasteiger partial charge is 0.424 e. The molecule has 0 aliphatic carbocycles. The fourth-order valence-electron chi connectivity index (χ4n) is 2.46. The van der Waals surface area contributed by atoms with Gasteiger partial charge in [-0.2, -0.15) is 4.98 Å². The van der Waals surface area contributed by atoms with Gasteiger partial charge in [0.15, 0.2) is 5.58 Å². The molecule has 7 heteroatoms. The Hall–Kier alpha value is -2.15. The molecule has 0 saturated carbocycles. The van der Waals surface area contributed by atoms with Gasteiger partial charge < -0.3 is 15.1 Å². The van der Waals surface area contributed by atoms with Crippen molar-refractivity contribution in [1.82, 2.24) is 10.3 Å². The van der Waals surface area contributed by atoms with E-state index in [2.05, 4.69) is 15.6 Å². The molecule has 0 spiro atoms. The van der Waals surface area contributed by atoms with Crippen molar-refractivity contribution in [2.75, 3.05) is 18.4 Å². The minimum Gasteiger partial charge on any atom is -0.424 e. The minimum absolute atomic E-state index is 0.0208. The molecule has 3 rings (SSSR count). The number of hydrogen-bond acceptors (Lipinski definition) is 6. The van der Waals surface area contributed by atoms with Crippen LogP contribution in [0.25, 0.3) is 11.1 Å². The first kappa shape index (κ1) is 12.9. The Bertz CT molecular complexity index is 619. The van der Waals surface area contributed by atoms with Gasteiger partial charge >= 0.3 is 0 Å². The summed E-state index contributed by atoms with van der Waals surface area (Å²) in [5.74, 6) is 0. The topological polar surface area (TPSA) is 93.2 Å². The maximum Gasteiger partial charge on any atom is 0.295 e. The van der Waals surface area contributed by atoms with Crippen molar-refractivity contribution >= 4 is 22.8 Å². The summed E-state index contributed by atoms with van der Waals surface area (Å²) in [7, 11) is 0. The quantitative estimate of drug-likeness (QED) is 0.643. The van der Waals surface area contributed by atoms with Crippen molar-refractivity contribution in [3.63, 3.8) is 0 Å². The monoisotopic (exact) mass is 276 g/mol. The lowest BCUT2D eigenvalue weighted by Gasteiger charge is -2.09. The van der Waals surface area contributed by atoms with Gasteiger partial charge in [0.25, 0.3) is 11.7 Å². The molecule has 1 atom stereocenters. The predicted octanol–water partition coefficient (Wildman–Crippen LogP) is 2.29. The van der Waals surface area contributed by atoms with Gasteiger partial charge in [0, 0.05) is 24.7 Å². The van der Waals surface area contributed by atoms with Crippen LogP contribution in [0, 0.1) is 10.1 Å². The number of fused-ring (bicyclic) bond motifs is 1. The molecule has 1 aromatic carbocycles. The second-order valence-corrected chi connectivity index (χ2v) is 4.94. The highest BCUT2D eigenvalue weighted by Crippen LogP contribution is 2.23. The Labute approximate surface area is 115 Å². The van der Waals surface area contributed by atoms with Gasteiger partial charge in [-0.1, -0.05) is 0 Å². The zero-order chi connectivity index (χ0) is 13.9. The van der Waals surface area contributed by atoms with Gasteiger partial charge in [-0.25, -0.2) is 0 Å². The second kappa shape index (κ2) is 5.46. The van der Waals surface area contributed by atoms with Crippen molar-refractivity contribution in [2.24, 2.45) is 0 Å². The van der Waals surface area contributed by atoms with Gasteiger partial charge in [0.2, 0.25) is 0 Å². The van der Waals surface area contributed by atoms with E-state index in [4.69, 9.17) is 4.42 Å². The summed E-state index contributed by atoms with van der Waals surface area (Å²) in [6.45, 7) is 1.86. The van der Waals surface area contributed by atoms with Crippen molar-refractivity contribution in [1.29, 1.82) is 0 Å². The first-order valence-corrected chi connectivity index (χ1v) is 6.74. The van der Waals surface area contributed by atoms with Crippen LogP contribution in [0.15, 0.2) is 22.6 Å². The number of nitro groups is 1. The van der Waals surface area contributed by atoms with Gasteiger partial charge in [-0.3, -0.25) is 10.1 Å². The maximum atomic E-state index is 10.7. The molecule has 0 unspecified atom stereocenters. The van der Waals surface area contributed by atoms with E-state index in [0.29, 0.717) is 23.2 Å². The Morgan fingerprint density at radius 3 is 3.20 bits per heavy atom. The number of oxazole rings is 1. The Kier molecular flexibility index (Phi) is 3.51. The van der Waals surface area contributed by atoms with Crippen LogP contribution in [0.2, 0.25) is 0 Å². The van der Waals surface area contributed by atoms with Crippen LogP contribution in [0.1, 0.15) is 19.3 Å². The Morgan fingerprint density at radius 1 is 1.55 bits per heavy atom. The van der Waals surface area contributed by atoms with E-state index in [1.165, 1.54) is 25.0 Å². The van der Waals surface area contributed by atoms with Crippen molar-refractivity contribution in [2.45, 2.75) is 25.3 Å². The van der Waals surface area contributed by atoms with E-state index in [9.17, 15) is 10.1 Å². The third-order valence-electron chi connectivity index (χ3n) is 3.51. The summed E-state index contributed by atoms with van der Waals surface area (Å²) in [6, 6.07) is 5.39. The smallest absolute Gasteiger partial charge is 0.295 e. The average Bonchev–Trinajstić information content (AvgIpc) is 3.06. The number of nitrogens with one attached hydrogen (secondary N) is 2. The first-order valence-electron chi connectivity index (χ1n) is 6.74. The minimum atomic E-state index is -0.438. The van der Waals surface area contributed by atoms with Crippen molar-refractivity contribution in [3.05, 3.63) is 28.3 Å².